The average molecular weight is 369 g/mol. The first-order valence-electron chi connectivity index (χ1n) is 8.93. The highest BCUT2D eigenvalue weighted by molar-refractivity contribution is 7.80. The van der Waals surface area contributed by atoms with Crippen LogP contribution in [0.5, 0.6) is 0 Å². The highest BCUT2D eigenvalue weighted by atomic mass is 32.1. The maximum Gasteiger partial charge on any atom is 0.244 e. The molecule has 0 spiro atoms. The first kappa shape index (κ1) is 17.2. The van der Waals surface area contributed by atoms with E-state index in [1.165, 1.54) is 31.5 Å². The fourth-order valence-electron chi connectivity index (χ4n) is 3.70. The molecule has 1 amide bonds. The van der Waals surface area contributed by atoms with Crippen LogP contribution in [0.2, 0.25) is 0 Å². The van der Waals surface area contributed by atoms with Crippen molar-refractivity contribution in [3.63, 3.8) is 0 Å². The van der Waals surface area contributed by atoms with E-state index < -0.39 is 0 Å². The third kappa shape index (κ3) is 3.64. The molecule has 1 aromatic carbocycles. The van der Waals surface area contributed by atoms with Crippen LogP contribution in [0, 0.1) is 0 Å². The third-order valence-electron chi connectivity index (χ3n) is 4.89. The van der Waals surface area contributed by atoms with Crippen LogP contribution in [-0.2, 0) is 17.9 Å². The van der Waals surface area contributed by atoms with Crippen LogP contribution in [0.1, 0.15) is 24.0 Å². The van der Waals surface area contributed by atoms with Gasteiger partial charge in [0.05, 0.1) is 17.3 Å². The number of anilines is 3. The first-order chi connectivity index (χ1) is 12.6. The topological polar surface area (TPSA) is 74.5 Å². The van der Waals surface area contributed by atoms with Crippen LogP contribution < -0.4 is 16.0 Å². The smallest absolute Gasteiger partial charge is 0.244 e. The third-order valence-corrected chi connectivity index (χ3v) is 5.11. The Kier molecular flexibility index (Phi) is 4.74. The molecule has 2 aliphatic heterocycles. The summed E-state index contributed by atoms with van der Waals surface area (Å²) >= 11 is 4.32. The molecule has 1 fully saturated rings. The standard InChI is InChI=1S/C19H23N5OS/c20-15-9-17(26)22-19-18(15)21-16(25)12-24(19)11-14-5-3-4-13(8-14)10-23-6-1-2-7-23/h3-5,8-9H,1-2,6-7,10-12H2,(H,21,25)(H3,20,22,26). The van der Waals surface area contributed by atoms with Gasteiger partial charge in [0.1, 0.15) is 5.69 Å². The molecule has 0 aliphatic carbocycles. The minimum absolute atomic E-state index is 0.0777. The van der Waals surface area contributed by atoms with Crippen molar-refractivity contribution in [2.75, 3.05) is 35.6 Å². The van der Waals surface area contributed by atoms with Crippen molar-refractivity contribution in [1.82, 2.24) is 9.88 Å². The Morgan fingerprint density at radius 2 is 1.88 bits per heavy atom. The first-order valence-corrected chi connectivity index (χ1v) is 9.37. The normalized spacial score (nSPS) is 17.3. The molecule has 136 valence electrons. The molecule has 4 rings (SSSR count). The van der Waals surface area contributed by atoms with Gasteiger partial charge in [0.25, 0.3) is 0 Å². The van der Waals surface area contributed by atoms with Crippen LogP contribution in [0.15, 0.2) is 35.4 Å². The average Bonchev–Trinajstić information content (AvgIpc) is 3.09. The number of nitrogens with two attached hydrogens (primary N) is 1. The number of rotatable bonds is 4. The second kappa shape index (κ2) is 7.17. The van der Waals surface area contributed by atoms with Gasteiger partial charge in [0, 0.05) is 13.1 Å². The van der Waals surface area contributed by atoms with Gasteiger partial charge in [-0.25, -0.2) is 4.98 Å². The molecule has 1 saturated heterocycles. The zero-order valence-electron chi connectivity index (χ0n) is 14.6. The van der Waals surface area contributed by atoms with Gasteiger partial charge in [-0.05, 0) is 43.1 Å². The molecule has 3 heterocycles. The number of nitrogens with one attached hydrogen (secondary N) is 1. The summed E-state index contributed by atoms with van der Waals surface area (Å²) in [5.41, 5.74) is 9.57. The predicted molar refractivity (Wildman–Crippen MR) is 107 cm³/mol. The number of nitrogens with zero attached hydrogens (tertiary/aromatic N) is 3. The molecule has 0 radical (unpaired) electrons. The molecule has 1 aromatic heterocycles. The summed E-state index contributed by atoms with van der Waals surface area (Å²) < 4.78 is 0. The second-order valence-corrected chi connectivity index (χ2v) is 7.43. The molecule has 26 heavy (non-hydrogen) atoms. The van der Waals surface area contributed by atoms with Crippen LogP contribution in [0.4, 0.5) is 17.2 Å². The van der Waals surface area contributed by atoms with Gasteiger partial charge in [-0.15, -0.1) is 12.6 Å². The summed E-state index contributed by atoms with van der Waals surface area (Å²) in [6.45, 7) is 4.21. The fourth-order valence-corrected chi connectivity index (χ4v) is 3.93. The number of nitrogen functional groups attached to an aromatic ring is 1. The zero-order chi connectivity index (χ0) is 18.1. The second-order valence-electron chi connectivity index (χ2n) is 6.98. The maximum absolute atomic E-state index is 12.1. The Balaban J connectivity index is 1.57. The van der Waals surface area contributed by atoms with Crippen LogP contribution in [0.3, 0.4) is 0 Å². The van der Waals surface area contributed by atoms with E-state index in [4.69, 9.17) is 5.73 Å². The molecule has 0 atom stereocenters. The van der Waals surface area contributed by atoms with E-state index in [1.54, 1.807) is 6.07 Å². The Morgan fingerprint density at radius 3 is 2.65 bits per heavy atom. The van der Waals surface area contributed by atoms with Crippen molar-refractivity contribution in [2.24, 2.45) is 0 Å². The van der Waals surface area contributed by atoms with Gasteiger partial charge in [-0.2, -0.15) is 0 Å². The van der Waals surface area contributed by atoms with E-state index in [-0.39, 0.29) is 12.5 Å². The molecular weight excluding hydrogens is 346 g/mol. The number of benzene rings is 1. The fraction of sp³-hybridized carbons (Fsp3) is 0.368. The highest BCUT2D eigenvalue weighted by Gasteiger charge is 2.26. The lowest BCUT2D eigenvalue weighted by atomic mass is 10.1. The van der Waals surface area contributed by atoms with Gasteiger partial charge < -0.3 is 16.0 Å². The van der Waals surface area contributed by atoms with E-state index in [0.717, 1.165) is 12.1 Å². The van der Waals surface area contributed by atoms with Crippen molar-refractivity contribution in [1.29, 1.82) is 0 Å². The largest absolute Gasteiger partial charge is 0.397 e. The number of pyridine rings is 1. The minimum atomic E-state index is -0.0777. The van der Waals surface area contributed by atoms with E-state index in [1.807, 2.05) is 4.90 Å². The van der Waals surface area contributed by atoms with Crippen molar-refractivity contribution in [2.45, 2.75) is 31.0 Å². The molecule has 0 unspecified atom stereocenters. The predicted octanol–water partition coefficient (Wildman–Crippen LogP) is 2.51. The van der Waals surface area contributed by atoms with Crippen molar-refractivity contribution in [3.05, 3.63) is 41.5 Å². The summed E-state index contributed by atoms with van der Waals surface area (Å²) in [6.07, 6.45) is 2.58. The minimum Gasteiger partial charge on any atom is -0.397 e. The lowest BCUT2D eigenvalue weighted by Gasteiger charge is -2.30. The molecule has 2 aromatic rings. The molecular formula is C19H23N5OS. The van der Waals surface area contributed by atoms with Crippen molar-refractivity contribution in [3.8, 4) is 0 Å². The number of hydrogen-bond donors (Lipinski definition) is 3. The van der Waals surface area contributed by atoms with E-state index >= 15 is 0 Å². The van der Waals surface area contributed by atoms with Gasteiger partial charge in [0.2, 0.25) is 5.91 Å². The van der Waals surface area contributed by atoms with Crippen LogP contribution >= 0.6 is 12.6 Å². The SMILES string of the molecule is Nc1cc(S)nc2c1NC(=O)CN2Cc1cccc(CN2CCCC2)c1. The van der Waals surface area contributed by atoms with Gasteiger partial charge in [-0.3, -0.25) is 9.69 Å². The summed E-state index contributed by atoms with van der Waals surface area (Å²) in [5.74, 6) is 0.602. The molecule has 2 aliphatic rings. The Labute approximate surface area is 158 Å². The van der Waals surface area contributed by atoms with Gasteiger partial charge in [-0.1, -0.05) is 24.3 Å². The number of hydrogen-bond acceptors (Lipinski definition) is 6. The molecule has 6 nitrogen and oxygen atoms in total. The number of carbonyl (C=O) groups is 1. The van der Waals surface area contributed by atoms with Gasteiger partial charge >= 0.3 is 0 Å². The number of carbonyl (C=O) groups excluding carboxylic acids is 1. The zero-order valence-corrected chi connectivity index (χ0v) is 15.5. The summed E-state index contributed by atoms with van der Waals surface area (Å²) in [7, 11) is 0. The van der Waals surface area contributed by atoms with E-state index in [2.05, 4.69) is 52.1 Å². The number of thiol groups is 1. The van der Waals surface area contributed by atoms with Gasteiger partial charge in [0.15, 0.2) is 5.82 Å². The molecule has 0 saturated carbocycles. The summed E-state index contributed by atoms with van der Waals surface area (Å²) in [5, 5.41) is 3.37. The number of aromatic nitrogens is 1. The number of fused-ring (bicyclic) bond motifs is 1. The maximum atomic E-state index is 12.1. The summed E-state index contributed by atoms with van der Waals surface area (Å²) in [6, 6.07) is 10.2. The Morgan fingerprint density at radius 1 is 1.15 bits per heavy atom. The van der Waals surface area contributed by atoms with Crippen LogP contribution in [-0.4, -0.2) is 35.4 Å². The lowest BCUT2D eigenvalue weighted by molar-refractivity contribution is -0.115. The molecule has 3 N–H and O–H groups in total. The van der Waals surface area contributed by atoms with Crippen molar-refractivity contribution >= 4 is 35.7 Å². The lowest BCUT2D eigenvalue weighted by Crippen LogP contribution is -2.38. The quantitative estimate of drug-likeness (QED) is 0.722. The van der Waals surface area contributed by atoms with Crippen molar-refractivity contribution < 1.29 is 4.79 Å². The van der Waals surface area contributed by atoms with E-state index in [9.17, 15) is 4.79 Å². The van der Waals surface area contributed by atoms with E-state index in [0.29, 0.717) is 28.8 Å². The number of likely N-dealkylation sites (tertiary alicyclic amines) is 1. The number of amides is 1. The van der Waals surface area contributed by atoms with Crippen LogP contribution in [0.25, 0.3) is 0 Å². The Hall–Kier alpha value is -2.25. The molecule has 7 heteroatoms. The summed E-state index contributed by atoms with van der Waals surface area (Å²) in [4.78, 5) is 21.0. The monoisotopic (exact) mass is 369 g/mol. The molecule has 0 bridgehead atoms. The Bertz CT molecular complexity index is 835. The highest BCUT2D eigenvalue weighted by Crippen LogP contribution is 2.35.